The second-order valence-corrected chi connectivity index (χ2v) is 3.67. The molecule has 1 aromatic rings. The summed E-state index contributed by atoms with van der Waals surface area (Å²) < 4.78 is 0. The molecule has 0 fully saturated rings. The van der Waals surface area contributed by atoms with Gasteiger partial charge in [0.05, 0.1) is 12.5 Å². The maximum Gasteiger partial charge on any atom is 0.157 e. The van der Waals surface area contributed by atoms with Crippen molar-refractivity contribution in [3.05, 3.63) is 23.8 Å². The molecule has 0 saturated carbocycles. The number of aromatic hydroxyl groups is 2. The van der Waals surface area contributed by atoms with E-state index in [1.165, 1.54) is 12.1 Å². The predicted molar refractivity (Wildman–Crippen MR) is 60.9 cm³/mol. The van der Waals surface area contributed by atoms with Gasteiger partial charge >= 0.3 is 0 Å². The number of rotatable bonds is 5. The molecule has 1 unspecified atom stereocenters. The Hall–Kier alpha value is -1.73. The predicted octanol–water partition coefficient (Wildman–Crippen LogP) is 1.88. The van der Waals surface area contributed by atoms with E-state index in [1.54, 1.807) is 6.07 Å². The van der Waals surface area contributed by atoms with Crippen molar-refractivity contribution in [2.75, 3.05) is 0 Å². The van der Waals surface area contributed by atoms with E-state index in [2.05, 4.69) is 11.4 Å². The van der Waals surface area contributed by atoms with Gasteiger partial charge in [-0.25, -0.2) is 0 Å². The van der Waals surface area contributed by atoms with Gasteiger partial charge in [0, 0.05) is 12.6 Å². The minimum absolute atomic E-state index is 0.118. The van der Waals surface area contributed by atoms with Gasteiger partial charge < -0.3 is 15.5 Å². The quantitative estimate of drug-likeness (QED) is 0.662. The number of hydrogen-bond acceptors (Lipinski definition) is 4. The number of hydrogen-bond donors (Lipinski definition) is 3. The molecule has 0 amide bonds. The lowest BCUT2D eigenvalue weighted by Crippen LogP contribution is -2.27. The second-order valence-electron chi connectivity index (χ2n) is 3.67. The van der Waals surface area contributed by atoms with E-state index in [1.807, 2.05) is 6.92 Å². The molecule has 0 aromatic heterocycles. The Morgan fingerprint density at radius 3 is 2.69 bits per heavy atom. The Balaban J connectivity index is 2.54. The Morgan fingerprint density at radius 2 is 2.12 bits per heavy atom. The Kier molecular flexibility index (Phi) is 4.62. The zero-order chi connectivity index (χ0) is 12.0. The number of nitriles is 1. The van der Waals surface area contributed by atoms with Crippen LogP contribution in [0.25, 0.3) is 0 Å². The van der Waals surface area contributed by atoms with Gasteiger partial charge in [0.25, 0.3) is 0 Å². The van der Waals surface area contributed by atoms with E-state index >= 15 is 0 Å². The number of nitrogens with zero attached hydrogens (tertiary/aromatic N) is 1. The standard InChI is InChI=1S/C12H16N2O2/c1-2-10(5-6-13)14-8-9-3-4-11(15)12(16)7-9/h3-4,7,10,14-16H,2,5,8H2,1H3. The molecule has 1 aromatic carbocycles. The lowest BCUT2D eigenvalue weighted by molar-refractivity contribution is 0.402. The van der Waals surface area contributed by atoms with Crippen LogP contribution in [0.5, 0.6) is 11.5 Å². The van der Waals surface area contributed by atoms with Crippen molar-refractivity contribution in [1.82, 2.24) is 5.32 Å². The molecule has 1 atom stereocenters. The third kappa shape index (κ3) is 3.44. The fraction of sp³-hybridized carbons (Fsp3) is 0.417. The largest absolute Gasteiger partial charge is 0.504 e. The molecule has 0 aliphatic heterocycles. The van der Waals surface area contributed by atoms with Crippen LogP contribution in [0.2, 0.25) is 0 Å². The lowest BCUT2D eigenvalue weighted by Gasteiger charge is -2.13. The summed E-state index contributed by atoms with van der Waals surface area (Å²) in [6, 6.07) is 7.00. The first-order valence-electron chi connectivity index (χ1n) is 5.28. The van der Waals surface area contributed by atoms with E-state index in [4.69, 9.17) is 10.4 Å². The van der Waals surface area contributed by atoms with Crippen LogP contribution in [-0.4, -0.2) is 16.3 Å². The molecule has 1 rings (SSSR count). The fourth-order valence-electron chi connectivity index (χ4n) is 1.41. The van der Waals surface area contributed by atoms with Crippen LogP contribution in [0.4, 0.5) is 0 Å². The van der Waals surface area contributed by atoms with E-state index in [9.17, 15) is 5.11 Å². The first-order valence-corrected chi connectivity index (χ1v) is 5.28. The Labute approximate surface area is 95.2 Å². The van der Waals surface area contributed by atoms with Crippen molar-refractivity contribution in [3.63, 3.8) is 0 Å². The molecular formula is C12H16N2O2. The average molecular weight is 220 g/mol. The zero-order valence-electron chi connectivity index (χ0n) is 9.27. The maximum atomic E-state index is 9.30. The number of phenolic OH excluding ortho intramolecular Hbond substituents is 2. The molecule has 0 saturated heterocycles. The second kappa shape index (κ2) is 5.99. The van der Waals surface area contributed by atoms with Crippen molar-refractivity contribution in [2.45, 2.75) is 32.4 Å². The number of nitrogens with one attached hydrogen (secondary N) is 1. The van der Waals surface area contributed by atoms with E-state index in [-0.39, 0.29) is 17.5 Å². The summed E-state index contributed by atoms with van der Waals surface area (Å²) in [5, 5.41) is 30.2. The Bertz CT molecular complexity index is 385. The molecule has 16 heavy (non-hydrogen) atoms. The normalized spacial score (nSPS) is 12.0. The molecule has 3 N–H and O–H groups in total. The smallest absolute Gasteiger partial charge is 0.157 e. The van der Waals surface area contributed by atoms with Crippen LogP contribution in [0.15, 0.2) is 18.2 Å². The van der Waals surface area contributed by atoms with Crippen molar-refractivity contribution in [3.8, 4) is 17.6 Å². The van der Waals surface area contributed by atoms with Gasteiger partial charge in [-0.3, -0.25) is 0 Å². The SMILES string of the molecule is CCC(CC#N)NCc1ccc(O)c(O)c1. The highest BCUT2D eigenvalue weighted by atomic mass is 16.3. The third-order valence-corrected chi connectivity index (χ3v) is 2.47. The highest BCUT2D eigenvalue weighted by molar-refractivity contribution is 5.40. The summed E-state index contributed by atoms with van der Waals surface area (Å²) in [4.78, 5) is 0. The van der Waals surface area contributed by atoms with Gasteiger partial charge in [-0.05, 0) is 24.1 Å². The van der Waals surface area contributed by atoms with Crippen molar-refractivity contribution < 1.29 is 10.2 Å². The summed E-state index contributed by atoms with van der Waals surface area (Å²) in [5.74, 6) is -0.236. The first-order chi connectivity index (χ1) is 7.67. The molecule has 0 aliphatic rings. The van der Waals surface area contributed by atoms with E-state index in [0.29, 0.717) is 13.0 Å². The van der Waals surface area contributed by atoms with Crippen molar-refractivity contribution in [2.24, 2.45) is 0 Å². The van der Waals surface area contributed by atoms with Crippen LogP contribution in [0.3, 0.4) is 0 Å². The molecule has 0 bridgehead atoms. The minimum atomic E-state index is -0.118. The molecule has 0 radical (unpaired) electrons. The van der Waals surface area contributed by atoms with Crippen LogP contribution in [0.1, 0.15) is 25.3 Å². The van der Waals surface area contributed by atoms with Crippen molar-refractivity contribution >= 4 is 0 Å². The van der Waals surface area contributed by atoms with Crippen LogP contribution < -0.4 is 5.32 Å². The van der Waals surface area contributed by atoms with Gasteiger partial charge in [0.2, 0.25) is 0 Å². The highest BCUT2D eigenvalue weighted by Crippen LogP contribution is 2.24. The highest BCUT2D eigenvalue weighted by Gasteiger charge is 2.05. The van der Waals surface area contributed by atoms with Gasteiger partial charge in [0.1, 0.15) is 0 Å². The number of benzene rings is 1. The van der Waals surface area contributed by atoms with Crippen molar-refractivity contribution in [1.29, 1.82) is 5.26 Å². The molecule has 86 valence electrons. The summed E-state index contributed by atoms with van der Waals surface area (Å²) in [7, 11) is 0. The minimum Gasteiger partial charge on any atom is -0.504 e. The fourth-order valence-corrected chi connectivity index (χ4v) is 1.41. The van der Waals surface area contributed by atoms with Crippen LogP contribution in [0, 0.1) is 11.3 Å². The average Bonchev–Trinajstić information content (AvgIpc) is 2.28. The molecule has 0 spiro atoms. The number of phenols is 2. The van der Waals surface area contributed by atoms with Gasteiger partial charge in [-0.15, -0.1) is 0 Å². The molecular weight excluding hydrogens is 204 g/mol. The summed E-state index contributed by atoms with van der Waals surface area (Å²) in [5.41, 5.74) is 0.881. The van der Waals surface area contributed by atoms with E-state index in [0.717, 1.165) is 12.0 Å². The topological polar surface area (TPSA) is 76.3 Å². The summed E-state index contributed by atoms with van der Waals surface area (Å²) in [6.07, 6.45) is 1.36. The van der Waals surface area contributed by atoms with Gasteiger partial charge in [-0.1, -0.05) is 13.0 Å². The first kappa shape index (κ1) is 12.3. The summed E-state index contributed by atoms with van der Waals surface area (Å²) in [6.45, 7) is 2.59. The van der Waals surface area contributed by atoms with E-state index < -0.39 is 0 Å². The summed E-state index contributed by atoms with van der Waals surface area (Å²) >= 11 is 0. The molecule has 0 heterocycles. The van der Waals surface area contributed by atoms with Crippen LogP contribution >= 0.6 is 0 Å². The monoisotopic (exact) mass is 220 g/mol. The molecule has 4 heteroatoms. The Morgan fingerprint density at radius 1 is 1.38 bits per heavy atom. The van der Waals surface area contributed by atoms with Gasteiger partial charge in [0.15, 0.2) is 11.5 Å². The molecule has 0 aliphatic carbocycles. The third-order valence-electron chi connectivity index (χ3n) is 2.47. The molecule has 4 nitrogen and oxygen atoms in total. The lowest BCUT2D eigenvalue weighted by atomic mass is 10.1. The van der Waals surface area contributed by atoms with Crippen LogP contribution in [-0.2, 0) is 6.54 Å². The maximum absolute atomic E-state index is 9.30. The zero-order valence-corrected chi connectivity index (χ0v) is 9.27. The van der Waals surface area contributed by atoms with Gasteiger partial charge in [-0.2, -0.15) is 5.26 Å².